The monoisotopic (exact) mass is 303 g/mol. The highest BCUT2D eigenvalue weighted by molar-refractivity contribution is 8.68. The molecule has 0 aromatic carbocycles. The zero-order valence-corrected chi connectivity index (χ0v) is 12.4. The van der Waals surface area contributed by atoms with Crippen molar-refractivity contribution in [1.82, 2.24) is 16.2 Å². The van der Waals surface area contributed by atoms with Crippen LogP contribution in [0.1, 0.15) is 0 Å². The fourth-order valence-electron chi connectivity index (χ4n) is 0.543. The van der Waals surface area contributed by atoms with E-state index in [9.17, 15) is 4.79 Å². The van der Waals surface area contributed by atoms with E-state index in [1.54, 1.807) is 7.05 Å². The Hall–Kier alpha value is 0.0800. The minimum Gasteiger partial charge on any atom is -0.364 e. The molecular weight excluding hydrogens is 289 g/mol. The fraction of sp³-hybridized carbons (Fsp3) is 0.667. The fourth-order valence-corrected chi connectivity index (χ4v) is 3.23. The quantitative estimate of drug-likeness (QED) is 0.382. The number of carbonyl (C=O) groups excluding carboxylic acids is 1. The summed E-state index contributed by atoms with van der Waals surface area (Å²) in [4.78, 5) is 11.3. The number of hydrazine groups is 1. The maximum Gasteiger partial charge on any atom is 0.248 e. The average Bonchev–Trinajstić information content (AvgIpc) is 2.32. The Morgan fingerprint density at radius 2 is 1.94 bits per heavy atom. The van der Waals surface area contributed by atoms with Gasteiger partial charge in [0.25, 0.3) is 0 Å². The number of amides is 1. The third-order valence-corrected chi connectivity index (χ3v) is 7.33. The molecule has 0 aromatic heterocycles. The van der Waals surface area contributed by atoms with Crippen LogP contribution in [0.15, 0.2) is 0 Å². The summed E-state index contributed by atoms with van der Waals surface area (Å²) in [6.07, 6.45) is 0. The summed E-state index contributed by atoms with van der Waals surface area (Å²) < 4.78 is 10.0. The van der Waals surface area contributed by atoms with Crippen LogP contribution in [0.5, 0.6) is 0 Å². The molecule has 0 atom stereocenters. The van der Waals surface area contributed by atoms with Gasteiger partial charge in [0, 0.05) is 21.3 Å². The van der Waals surface area contributed by atoms with E-state index < -0.39 is 5.69 Å². The lowest BCUT2D eigenvalue weighted by Crippen LogP contribution is -2.46. The largest absolute Gasteiger partial charge is 0.364 e. The molecule has 10 heteroatoms. The maximum atomic E-state index is 11.3. The molecule has 0 saturated carbocycles. The number of nitrogens with one attached hydrogen (secondary N) is 3. The zero-order valence-electron chi connectivity index (χ0n) is 9.10. The minimum atomic E-state index is -2.38. The molecule has 3 N–H and O–H groups in total. The van der Waals surface area contributed by atoms with Gasteiger partial charge in [0.15, 0.2) is 5.11 Å². The summed E-state index contributed by atoms with van der Waals surface area (Å²) in [5, 5.41) is 2.98. The lowest BCUT2D eigenvalue weighted by atomic mass is 10.7. The van der Waals surface area contributed by atoms with Crippen LogP contribution in [0, 0.1) is 0 Å². The number of hydrogen-bond donors (Lipinski definition) is 3. The van der Waals surface area contributed by atoms with Crippen molar-refractivity contribution in [3.63, 3.8) is 0 Å². The van der Waals surface area contributed by atoms with Crippen LogP contribution in [0.2, 0.25) is 0 Å². The SMILES string of the molecule is CNC(=S)NNC(=O)CSP(=S)(OC)OC. The molecule has 0 saturated heterocycles. The molecule has 0 aromatic rings. The van der Waals surface area contributed by atoms with Gasteiger partial charge >= 0.3 is 0 Å². The summed E-state index contributed by atoms with van der Waals surface area (Å²) in [6.45, 7) is 0. The Morgan fingerprint density at radius 3 is 2.38 bits per heavy atom. The van der Waals surface area contributed by atoms with Crippen molar-refractivity contribution in [3.05, 3.63) is 0 Å². The molecule has 0 radical (unpaired) electrons. The van der Waals surface area contributed by atoms with Crippen molar-refractivity contribution in [2.75, 3.05) is 27.0 Å². The second-order valence-electron chi connectivity index (χ2n) is 2.34. The van der Waals surface area contributed by atoms with Gasteiger partial charge in [-0.2, -0.15) is 0 Å². The Balaban J connectivity index is 3.90. The van der Waals surface area contributed by atoms with Gasteiger partial charge in [-0.3, -0.25) is 15.6 Å². The standard InChI is InChI=1S/C6H14N3O3PS3/c1-7-6(14)9-8-5(10)4-16-13(15,11-2)12-3/h4H2,1-3H3,(H,8,10)(H2,7,9,14). The van der Waals surface area contributed by atoms with E-state index in [2.05, 4.69) is 16.2 Å². The van der Waals surface area contributed by atoms with E-state index in [0.717, 1.165) is 11.4 Å². The van der Waals surface area contributed by atoms with Gasteiger partial charge < -0.3 is 14.4 Å². The van der Waals surface area contributed by atoms with Crippen molar-refractivity contribution in [2.24, 2.45) is 0 Å². The molecule has 94 valence electrons. The van der Waals surface area contributed by atoms with Crippen LogP contribution in [0.4, 0.5) is 0 Å². The third kappa shape index (κ3) is 6.62. The molecule has 0 fully saturated rings. The molecule has 0 heterocycles. The Kier molecular flexibility index (Phi) is 8.25. The van der Waals surface area contributed by atoms with Gasteiger partial charge in [-0.15, -0.1) is 0 Å². The smallest absolute Gasteiger partial charge is 0.248 e. The van der Waals surface area contributed by atoms with Crippen LogP contribution in [0.3, 0.4) is 0 Å². The summed E-state index contributed by atoms with van der Waals surface area (Å²) in [5.74, 6) is -0.121. The van der Waals surface area contributed by atoms with Crippen LogP contribution in [-0.4, -0.2) is 38.0 Å². The van der Waals surface area contributed by atoms with E-state index in [0.29, 0.717) is 5.11 Å². The van der Waals surface area contributed by atoms with E-state index >= 15 is 0 Å². The van der Waals surface area contributed by atoms with Crippen LogP contribution in [-0.2, 0) is 25.6 Å². The summed E-state index contributed by atoms with van der Waals surface area (Å²) >= 11 is 11.0. The molecule has 0 bridgehead atoms. The summed E-state index contributed by atoms with van der Waals surface area (Å²) in [6, 6.07) is 0. The van der Waals surface area contributed by atoms with Crippen molar-refractivity contribution >= 4 is 52.1 Å². The first kappa shape index (κ1) is 16.1. The van der Waals surface area contributed by atoms with Gasteiger partial charge in [0.05, 0.1) is 5.75 Å². The number of rotatable bonds is 5. The number of hydrogen-bond acceptors (Lipinski definition) is 6. The normalized spacial score (nSPS) is 10.7. The van der Waals surface area contributed by atoms with Gasteiger partial charge in [-0.05, 0) is 24.0 Å². The lowest BCUT2D eigenvalue weighted by Gasteiger charge is -2.16. The lowest BCUT2D eigenvalue weighted by molar-refractivity contribution is -0.119. The van der Waals surface area contributed by atoms with Gasteiger partial charge in [-0.1, -0.05) is 11.4 Å². The predicted octanol–water partition coefficient (Wildman–Crippen LogP) is 0.362. The van der Waals surface area contributed by atoms with Crippen molar-refractivity contribution in [3.8, 4) is 0 Å². The van der Waals surface area contributed by atoms with Crippen LogP contribution < -0.4 is 16.2 Å². The molecule has 0 aliphatic heterocycles. The first-order valence-corrected chi connectivity index (χ1v) is 8.73. The van der Waals surface area contributed by atoms with Crippen molar-refractivity contribution in [2.45, 2.75) is 0 Å². The van der Waals surface area contributed by atoms with Crippen LogP contribution >= 0.6 is 29.3 Å². The maximum absolute atomic E-state index is 11.3. The van der Waals surface area contributed by atoms with Gasteiger partial charge in [-0.25, -0.2) is 0 Å². The molecule has 6 nitrogen and oxygen atoms in total. The zero-order chi connectivity index (χ0) is 12.6. The number of thiocarbonyl (C=S) groups is 1. The molecule has 0 aliphatic carbocycles. The van der Waals surface area contributed by atoms with Crippen molar-refractivity contribution < 1.29 is 13.8 Å². The van der Waals surface area contributed by atoms with Crippen LogP contribution in [0.25, 0.3) is 0 Å². The summed E-state index contributed by atoms with van der Waals surface area (Å²) in [7, 11) is 4.57. The van der Waals surface area contributed by atoms with E-state index in [1.807, 2.05) is 0 Å². The average molecular weight is 303 g/mol. The van der Waals surface area contributed by atoms with Gasteiger partial charge in [0.2, 0.25) is 11.6 Å². The highest BCUT2D eigenvalue weighted by Crippen LogP contribution is 2.59. The Labute approximate surface area is 109 Å². The molecule has 0 rings (SSSR count). The second-order valence-corrected chi connectivity index (χ2v) is 9.27. The van der Waals surface area contributed by atoms with Gasteiger partial charge in [0.1, 0.15) is 0 Å². The molecule has 0 aliphatic rings. The Bertz CT molecular complexity index is 294. The molecule has 1 amide bonds. The molecule has 0 spiro atoms. The first-order valence-electron chi connectivity index (χ1n) is 4.10. The highest BCUT2D eigenvalue weighted by atomic mass is 32.9. The first-order chi connectivity index (χ1) is 7.47. The molecule has 16 heavy (non-hydrogen) atoms. The minimum absolute atomic E-state index is 0.137. The topological polar surface area (TPSA) is 71.6 Å². The summed E-state index contributed by atoms with van der Waals surface area (Å²) in [5.41, 5.74) is 2.53. The third-order valence-electron chi connectivity index (χ3n) is 1.34. The molecular formula is C6H14N3O3PS3. The van der Waals surface area contributed by atoms with E-state index in [4.69, 9.17) is 33.1 Å². The Morgan fingerprint density at radius 1 is 1.38 bits per heavy atom. The predicted molar refractivity (Wildman–Crippen MR) is 73.7 cm³/mol. The molecule has 0 unspecified atom stereocenters. The van der Waals surface area contributed by atoms with Crippen molar-refractivity contribution in [1.29, 1.82) is 0 Å². The number of carbonyl (C=O) groups is 1. The second kappa shape index (κ2) is 8.21. The highest BCUT2D eigenvalue weighted by Gasteiger charge is 2.18. The van der Waals surface area contributed by atoms with E-state index in [-0.39, 0.29) is 11.7 Å². The van der Waals surface area contributed by atoms with E-state index in [1.165, 1.54) is 14.2 Å².